The van der Waals surface area contributed by atoms with E-state index in [1.807, 2.05) is 12.1 Å². The highest BCUT2D eigenvalue weighted by Gasteiger charge is 2.23. The maximum atomic E-state index is 6.12. The van der Waals surface area contributed by atoms with Crippen LogP contribution in [-0.2, 0) is 0 Å². The van der Waals surface area contributed by atoms with Crippen molar-refractivity contribution < 1.29 is 0 Å². The molecule has 0 heterocycles. The quantitative estimate of drug-likeness (QED) is 0.745. The van der Waals surface area contributed by atoms with Gasteiger partial charge in [0.2, 0.25) is 0 Å². The zero-order valence-electron chi connectivity index (χ0n) is 11.8. The van der Waals surface area contributed by atoms with Gasteiger partial charge in [0.15, 0.2) is 0 Å². The van der Waals surface area contributed by atoms with Crippen LogP contribution in [0.2, 0.25) is 10.0 Å². The number of benzene rings is 1. The van der Waals surface area contributed by atoms with Gasteiger partial charge in [0.1, 0.15) is 0 Å². The van der Waals surface area contributed by atoms with Gasteiger partial charge in [-0.15, -0.1) is 0 Å². The monoisotopic (exact) mass is 299 g/mol. The number of nitrogens with one attached hydrogen (secondary N) is 1. The highest BCUT2D eigenvalue weighted by molar-refractivity contribution is 6.42. The Morgan fingerprint density at radius 2 is 1.89 bits per heavy atom. The second-order valence-corrected chi connectivity index (χ2v) is 6.45. The summed E-state index contributed by atoms with van der Waals surface area (Å²) in [5.74, 6) is 0.830. The molecule has 0 saturated heterocycles. The van der Waals surface area contributed by atoms with Gasteiger partial charge >= 0.3 is 0 Å². The lowest BCUT2D eigenvalue weighted by Crippen LogP contribution is -2.35. The second-order valence-electron chi connectivity index (χ2n) is 5.63. The molecule has 1 aliphatic carbocycles. The van der Waals surface area contributed by atoms with Crippen molar-refractivity contribution in [1.82, 2.24) is 5.32 Å². The molecule has 0 spiro atoms. The van der Waals surface area contributed by atoms with Crippen molar-refractivity contribution in [2.24, 2.45) is 5.92 Å². The lowest BCUT2D eigenvalue weighted by molar-refractivity contribution is 0.339. The molecular formula is C16H23Cl2N. The van der Waals surface area contributed by atoms with Gasteiger partial charge in [-0.05, 0) is 49.8 Å². The van der Waals surface area contributed by atoms with Gasteiger partial charge in [0, 0.05) is 12.1 Å². The van der Waals surface area contributed by atoms with E-state index in [0.717, 1.165) is 12.3 Å². The third kappa shape index (κ3) is 3.87. The highest BCUT2D eigenvalue weighted by atomic mass is 35.5. The van der Waals surface area contributed by atoms with Crippen LogP contribution in [0, 0.1) is 5.92 Å². The maximum absolute atomic E-state index is 6.12. The summed E-state index contributed by atoms with van der Waals surface area (Å²) < 4.78 is 0. The largest absolute Gasteiger partial charge is 0.307 e. The fraction of sp³-hybridized carbons (Fsp3) is 0.625. The van der Waals surface area contributed by atoms with Crippen molar-refractivity contribution in [3.8, 4) is 0 Å². The summed E-state index contributed by atoms with van der Waals surface area (Å²) in [5.41, 5.74) is 1.24. The molecule has 1 saturated carbocycles. The Labute approximate surface area is 126 Å². The molecule has 0 aromatic heterocycles. The van der Waals surface area contributed by atoms with Crippen molar-refractivity contribution in [2.45, 2.75) is 58.0 Å². The molecule has 3 heteroatoms. The van der Waals surface area contributed by atoms with E-state index in [1.165, 1.54) is 31.2 Å². The van der Waals surface area contributed by atoms with Crippen molar-refractivity contribution >= 4 is 23.2 Å². The fourth-order valence-electron chi connectivity index (χ4n) is 3.09. The van der Waals surface area contributed by atoms with Crippen LogP contribution < -0.4 is 5.32 Å². The summed E-state index contributed by atoms with van der Waals surface area (Å²) >= 11 is 12.1. The van der Waals surface area contributed by atoms with Crippen LogP contribution in [0.15, 0.2) is 18.2 Å². The smallest absolute Gasteiger partial charge is 0.0595 e. The molecule has 19 heavy (non-hydrogen) atoms. The first-order valence-electron chi connectivity index (χ1n) is 7.32. The molecule has 1 N–H and O–H groups in total. The first-order chi connectivity index (χ1) is 9.11. The van der Waals surface area contributed by atoms with E-state index in [4.69, 9.17) is 23.2 Å². The molecular weight excluding hydrogens is 277 g/mol. The molecule has 1 aromatic rings. The summed E-state index contributed by atoms with van der Waals surface area (Å²) in [6.45, 7) is 4.53. The predicted molar refractivity (Wildman–Crippen MR) is 84.0 cm³/mol. The van der Waals surface area contributed by atoms with Crippen LogP contribution in [0.1, 0.15) is 57.6 Å². The molecule has 0 radical (unpaired) electrons. The molecule has 1 unspecified atom stereocenters. The van der Waals surface area contributed by atoms with Gasteiger partial charge in [-0.1, -0.05) is 49.0 Å². The van der Waals surface area contributed by atoms with Crippen LogP contribution in [-0.4, -0.2) is 6.04 Å². The van der Waals surface area contributed by atoms with Gasteiger partial charge in [-0.3, -0.25) is 0 Å². The van der Waals surface area contributed by atoms with Crippen LogP contribution >= 0.6 is 23.2 Å². The van der Waals surface area contributed by atoms with E-state index in [2.05, 4.69) is 25.2 Å². The third-order valence-corrected chi connectivity index (χ3v) is 5.06. The van der Waals surface area contributed by atoms with Gasteiger partial charge in [0.25, 0.3) is 0 Å². The van der Waals surface area contributed by atoms with Crippen molar-refractivity contribution in [2.75, 3.05) is 0 Å². The molecule has 2 rings (SSSR count). The number of halogens is 2. The van der Waals surface area contributed by atoms with Gasteiger partial charge in [0.05, 0.1) is 10.0 Å². The van der Waals surface area contributed by atoms with Crippen LogP contribution in [0.5, 0.6) is 0 Å². The molecule has 2 atom stereocenters. The van der Waals surface area contributed by atoms with E-state index in [9.17, 15) is 0 Å². The van der Waals surface area contributed by atoms with E-state index in [0.29, 0.717) is 22.1 Å². The Hall–Kier alpha value is -0.240. The molecule has 0 bridgehead atoms. The topological polar surface area (TPSA) is 12.0 Å². The summed E-state index contributed by atoms with van der Waals surface area (Å²) in [6.07, 6.45) is 6.58. The SMILES string of the molecule is CCC(N[C@H](C)C1CCCC1)c1ccc(Cl)c(Cl)c1. The third-order valence-electron chi connectivity index (χ3n) is 4.33. The van der Waals surface area contributed by atoms with Gasteiger partial charge in [-0.25, -0.2) is 0 Å². The Balaban J connectivity index is 2.04. The van der Waals surface area contributed by atoms with Crippen LogP contribution in [0.25, 0.3) is 0 Å². The van der Waals surface area contributed by atoms with Crippen molar-refractivity contribution in [3.63, 3.8) is 0 Å². The normalized spacial score (nSPS) is 19.6. The summed E-state index contributed by atoms with van der Waals surface area (Å²) in [7, 11) is 0. The van der Waals surface area contributed by atoms with Crippen LogP contribution in [0.3, 0.4) is 0 Å². The molecule has 1 fully saturated rings. The minimum atomic E-state index is 0.366. The minimum Gasteiger partial charge on any atom is -0.307 e. The summed E-state index contributed by atoms with van der Waals surface area (Å²) in [6, 6.07) is 6.90. The van der Waals surface area contributed by atoms with E-state index < -0.39 is 0 Å². The molecule has 1 aromatic carbocycles. The van der Waals surface area contributed by atoms with Gasteiger partial charge < -0.3 is 5.32 Å². The Bertz CT molecular complexity index is 413. The average Bonchev–Trinajstić information content (AvgIpc) is 2.93. The first-order valence-corrected chi connectivity index (χ1v) is 8.08. The summed E-state index contributed by atoms with van der Waals surface area (Å²) in [5, 5.41) is 5.04. The standard InChI is InChI=1S/C16H23Cl2N/c1-3-16(13-8-9-14(17)15(18)10-13)19-11(2)12-6-4-5-7-12/h8-12,16,19H,3-7H2,1-2H3/t11-,16?/m1/s1. The molecule has 1 aliphatic rings. The molecule has 106 valence electrons. The molecule has 0 aliphatic heterocycles. The highest BCUT2D eigenvalue weighted by Crippen LogP contribution is 2.31. The van der Waals surface area contributed by atoms with E-state index >= 15 is 0 Å². The predicted octanol–water partition coefficient (Wildman–Crippen LogP) is 5.61. The number of rotatable bonds is 5. The minimum absolute atomic E-state index is 0.366. The lowest BCUT2D eigenvalue weighted by Gasteiger charge is -2.27. The van der Waals surface area contributed by atoms with Crippen LogP contribution in [0.4, 0.5) is 0 Å². The maximum Gasteiger partial charge on any atom is 0.0595 e. The zero-order chi connectivity index (χ0) is 13.8. The van der Waals surface area contributed by atoms with Crippen molar-refractivity contribution in [1.29, 1.82) is 0 Å². The Kier molecular flexibility index (Phi) is 5.56. The Morgan fingerprint density at radius 3 is 2.47 bits per heavy atom. The van der Waals surface area contributed by atoms with Crippen molar-refractivity contribution in [3.05, 3.63) is 33.8 Å². The molecule has 0 amide bonds. The van der Waals surface area contributed by atoms with Gasteiger partial charge in [-0.2, -0.15) is 0 Å². The number of hydrogen-bond acceptors (Lipinski definition) is 1. The van der Waals surface area contributed by atoms with E-state index in [1.54, 1.807) is 0 Å². The van der Waals surface area contributed by atoms with E-state index in [-0.39, 0.29) is 0 Å². The Morgan fingerprint density at radius 1 is 1.21 bits per heavy atom. The number of hydrogen-bond donors (Lipinski definition) is 1. The molecule has 1 nitrogen and oxygen atoms in total. The average molecular weight is 300 g/mol. The second kappa shape index (κ2) is 6.97. The zero-order valence-corrected chi connectivity index (χ0v) is 13.3. The lowest BCUT2D eigenvalue weighted by atomic mass is 9.96. The summed E-state index contributed by atoms with van der Waals surface area (Å²) in [4.78, 5) is 0. The fourth-order valence-corrected chi connectivity index (χ4v) is 3.40. The first kappa shape index (κ1) is 15.2.